The minimum absolute atomic E-state index is 0.0153. The number of hydrogen-bond donors (Lipinski definition) is 1. The van der Waals surface area contributed by atoms with E-state index in [1.54, 1.807) is 17.7 Å². The molecule has 38 heavy (non-hydrogen) atoms. The molecule has 1 saturated heterocycles. The molecule has 1 aliphatic carbocycles. The quantitative estimate of drug-likeness (QED) is 0.447. The summed E-state index contributed by atoms with van der Waals surface area (Å²) in [5.74, 6) is 0.430. The lowest BCUT2D eigenvalue weighted by molar-refractivity contribution is -0.137. The molecule has 3 aliphatic rings. The maximum Gasteiger partial charge on any atom is 0.250 e. The average Bonchev–Trinajstić information content (AvgIpc) is 3.72. The second-order valence-electron chi connectivity index (χ2n) is 11.1. The zero-order valence-corrected chi connectivity index (χ0v) is 23.4. The Morgan fingerprint density at radius 1 is 1.08 bits per heavy atom. The van der Waals surface area contributed by atoms with Crippen molar-refractivity contribution < 1.29 is 4.79 Å². The number of aryl methyl sites for hydroxylation is 1. The summed E-state index contributed by atoms with van der Waals surface area (Å²) in [6.45, 7) is 4.03. The molecule has 2 fully saturated rings. The lowest BCUT2D eigenvalue weighted by Crippen LogP contribution is -2.48. The number of pyridine rings is 1. The van der Waals surface area contributed by atoms with Crippen molar-refractivity contribution in [3.8, 4) is 0 Å². The smallest absolute Gasteiger partial charge is 0.250 e. The number of aromatic nitrogens is 1. The highest BCUT2D eigenvalue weighted by Gasteiger charge is 2.42. The van der Waals surface area contributed by atoms with Gasteiger partial charge in [-0.15, -0.1) is 0 Å². The van der Waals surface area contributed by atoms with E-state index in [1.807, 2.05) is 12.3 Å². The molecule has 0 spiro atoms. The topological polar surface area (TPSA) is 57.6 Å². The van der Waals surface area contributed by atoms with Gasteiger partial charge in [0.1, 0.15) is 0 Å². The summed E-state index contributed by atoms with van der Waals surface area (Å²) in [5.41, 5.74) is 4.85. The van der Waals surface area contributed by atoms with Crippen LogP contribution in [-0.4, -0.2) is 47.6 Å². The third kappa shape index (κ3) is 5.19. The van der Waals surface area contributed by atoms with Gasteiger partial charge in [-0.25, -0.2) is 0 Å². The Bertz CT molecular complexity index is 1370. The van der Waals surface area contributed by atoms with Crippen molar-refractivity contribution in [3.63, 3.8) is 0 Å². The van der Waals surface area contributed by atoms with E-state index in [4.69, 9.17) is 0 Å². The summed E-state index contributed by atoms with van der Waals surface area (Å²) in [5, 5.41) is 3.46. The Hall–Kier alpha value is -2.90. The number of rotatable bonds is 7. The fraction of sp³-hybridized carbons (Fsp3) is 0.419. The molecule has 198 valence electrons. The molecule has 3 atom stereocenters. The predicted octanol–water partition coefficient (Wildman–Crippen LogP) is 4.64. The van der Waals surface area contributed by atoms with Crippen LogP contribution >= 0.6 is 15.9 Å². The number of fused-ring (bicyclic) bond motifs is 1. The maximum absolute atomic E-state index is 14.2. The number of anilines is 1. The van der Waals surface area contributed by atoms with Crippen molar-refractivity contribution >= 4 is 27.5 Å². The molecule has 1 amide bonds. The SMILES string of the molecule is Cn1ccc([C@H]2CCNCC2C(=O)N(CC2CN(Cc3ccccc3)c3cc(Br)ccc32)C2CC2)cc1=O. The van der Waals surface area contributed by atoms with Crippen LogP contribution in [0.1, 0.15) is 47.8 Å². The van der Waals surface area contributed by atoms with Gasteiger partial charge in [0.2, 0.25) is 5.91 Å². The van der Waals surface area contributed by atoms with E-state index in [2.05, 4.69) is 79.6 Å². The van der Waals surface area contributed by atoms with E-state index in [0.717, 1.165) is 55.5 Å². The number of hydrogen-bond acceptors (Lipinski definition) is 4. The Labute approximate surface area is 232 Å². The van der Waals surface area contributed by atoms with Crippen molar-refractivity contribution in [2.24, 2.45) is 13.0 Å². The maximum atomic E-state index is 14.2. The summed E-state index contributed by atoms with van der Waals surface area (Å²) in [4.78, 5) is 31.3. The molecule has 3 aromatic rings. The largest absolute Gasteiger partial charge is 0.366 e. The van der Waals surface area contributed by atoms with Gasteiger partial charge in [0.15, 0.2) is 0 Å². The van der Waals surface area contributed by atoms with Crippen LogP contribution in [0.4, 0.5) is 5.69 Å². The van der Waals surface area contributed by atoms with Gasteiger partial charge in [-0.2, -0.15) is 0 Å². The molecule has 1 saturated carbocycles. The number of nitrogens with one attached hydrogen (secondary N) is 1. The van der Waals surface area contributed by atoms with Crippen LogP contribution in [0.2, 0.25) is 0 Å². The Morgan fingerprint density at radius 3 is 2.66 bits per heavy atom. The van der Waals surface area contributed by atoms with Crippen molar-refractivity contribution in [1.82, 2.24) is 14.8 Å². The van der Waals surface area contributed by atoms with Gasteiger partial charge < -0.3 is 19.7 Å². The predicted molar refractivity (Wildman–Crippen MR) is 155 cm³/mol. The summed E-state index contributed by atoms with van der Waals surface area (Å²) in [7, 11) is 1.77. The number of carbonyl (C=O) groups is 1. The number of piperidine rings is 1. The lowest BCUT2D eigenvalue weighted by Gasteiger charge is -2.36. The van der Waals surface area contributed by atoms with Crippen molar-refractivity contribution in [1.29, 1.82) is 0 Å². The molecular formula is C31H35BrN4O2. The van der Waals surface area contributed by atoms with Crippen LogP contribution in [0, 0.1) is 5.92 Å². The van der Waals surface area contributed by atoms with Gasteiger partial charge in [-0.3, -0.25) is 9.59 Å². The van der Waals surface area contributed by atoms with Crippen molar-refractivity contribution in [3.05, 3.63) is 98.4 Å². The van der Waals surface area contributed by atoms with E-state index in [-0.39, 0.29) is 29.2 Å². The molecule has 1 N–H and O–H groups in total. The highest BCUT2D eigenvalue weighted by Crippen LogP contribution is 2.42. The molecule has 0 radical (unpaired) electrons. The third-order valence-electron chi connectivity index (χ3n) is 8.47. The molecule has 7 heteroatoms. The molecular weight excluding hydrogens is 540 g/mol. The number of nitrogens with zero attached hydrogens (tertiary/aromatic N) is 3. The second-order valence-corrected chi connectivity index (χ2v) is 12.0. The van der Waals surface area contributed by atoms with Crippen molar-refractivity contribution in [2.75, 3.05) is 31.1 Å². The fourth-order valence-electron chi connectivity index (χ4n) is 6.28. The van der Waals surface area contributed by atoms with Crippen LogP contribution in [0.5, 0.6) is 0 Å². The standard InChI is InChI=1S/C31H35BrN4O2/c1-34-14-12-22(15-30(34)37)26-11-13-33-17-28(26)31(38)36(25-8-9-25)20-23-19-35(18-21-5-3-2-4-6-21)29-16-24(32)7-10-27(23)29/h2-7,10,12,14-16,23,25-26,28,33H,8-9,11,13,17-20H2,1H3/t23?,26-,28?/m1/s1. The van der Waals surface area contributed by atoms with E-state index < -0.39 is 0 Å². The van der Waals surface area contributed by atoms with E-state index in [0.29, 0.717) is 12.6 Å². The average molecular weight is 576 g/mol. The van der Waals surface area contributed by atoms with E-state index in [1.165, 1.54) is 16.8 Å². The molecule has 6 nitrogen and oxygen atoms in total. The Kier molecular flexibility index (Phi) is 7.14. The number of carbonyl (C=O) groups excluding carboxylic acids is 1. The first-order chi connectivity index (χ1) is 18.5. The van der Waals surface area contributed by atoms with Crippen LogP contribution in [-0.2, 0) is 18.4 Å². The van der Waals surface area contributed by atoms with E-state index in [9.17, 15) is 9.59 Å². The monoisotopic (exact) mass is 574 g/mol. The van der Waals surface area contributed by atoms with Crippen LogP contribution in [0.3, 0.4) is 0 Å². The second kappa shape index (κ2) is 10.7. The zero-order chi connectivity index (χ0) is 26.2. The summed E-state index contributed by atoms with van der Waals surface area (Å²) in [6, 6.07) is 21.2. The van der Waals surface area contributed by atoms with Crippen LogP contribution in [0.15, 0.2) is 76.1 Å². The first-order valence-electron chi connectivity index (χ1n) is 13.7. The highest BCUT2D eigenvalue weighted by molar-refractivity contribution is 9.10. The van der Waals surface area contributed by atoms with Gasteiger partial charge in [-0.1, -0.05) is 52.3 Å². The Balaban J connectivity index is 1.25. The van der Waals surface area contributed by atoms with Gasteiger partial charge in [-0.05, 0) is 66.6 Å². The molecule has 1 aromatic heterocycles. The van der Waals surface area contributed by atoms with Crippen molar-refractivity contribution in [2.45, 2.75) is 43.7 Å². The summed E-state index contributed by atoms with van der Waals surface area (Å²) < 4.78 is 2.67. The molecule has 2 unspecified atom stereocenters. The van der Waals surface area contributed by atoms with Gasteiger partial charge >= 0.3 is 0 Å². The number of benzene rings is 2. The Morgan fingerprint density at radius 2 is 1.89 bits per heavy atom. The molecule has 6 rings (SSSR count). The number of amides is 1. The normalized spacial score (nSPS) is 22.8. The summed E-state index contributed by atoms with van der Waals surface area (Å²) in [6.07, 6.45) is 4.86. The fourth-order valence-corrected chi connectivity index (χ4v) is 6.62. The first kappa shape index (κ1) is 25.4. The van der Waals surface area contributed by atoms with Crippen LogP contribution < -0.4 is 15.8 Å². The van der Waals surface area contributed by atoms with Gasteiger partial charge in [0.25, 0.3) is 5.56 Å². The summed E-state index contributed by atoms with van der Waals surface area (Å²) >= 11 is 3.67. The number of halogens is 1. The molecule has 3 heterocycles. The minimum atomic E-state index is -0.150. The molecule has 0 bridgehead atoms. The highest BCUT2D eigenvalue weighted by atomic mass is 79.9. The first-order valence-corrected chi connectivity index (χ1v) is 14.5. The third-order valence-corrected chi connectivity index (χ3v) is 8.97. The van der Waals surface area contributed by atoms with Gasteiger partial charge in [0, 0.05) is 67.6 Å². The van der Waals surface area contributed by atoms with Crippen LogP contribution in [0.25, 0.3) is 0 Å². The lowest BCUT2D eigenvalue weighted by atomic mass is 9.80. The van der Waals surface area contributed by atoms with E-state index >= 15 is 0 Å². The minimum Gasteiger partial charge on any atom is -0.366 e. The zero-order valence-electron chi connectivity index (χ0n) is 21.9. The molecule has 2 aromatic carbocycles. The van der Waals surface area contributed by atoms with Gasteiger partial charge in [0.05, 0.1) is 5.92 Å². The molecule has 2 aliphatic heterocycles.